The van der Waals surface area contributed by atoms with Gasteiger partial charge in [0.15, 0.2) is 5.11 Å². The molecular formula is C11H18N2O4S. The van der Waals surface area contributed by atoms with Crippen LogP contribution < -0.4 is 5.32 Å². The Morgan fingerprint density at radius 1 is 1.39 bits per heavy atom. The average molecular weight is 274 g/mol. The highest BCUT2D eigenvalue weighted by molar-refractivity contribution is 7.80. The minimum atomic E-state index is -0.576. The van der Waals surface area contributed by atoms with Gasteiger partial charge in [0, 0.05) is 13.1 Å². The number of carbonyl (C=O) groups is 2. The van der Waals surface area contributed by atoms with Crippen molar-refractivity contribution >= 4 is 29.4 Å². The van der Waals surface area contributed by atoms with Crippen molar-refractivity contribution in [3.8, 4) is 0 Å². The molecule has 1 amide bonds. The molecule has 1 rings (SSSR count). The van der Waals surface area contributed by atoms with E-state index in [1.54, 1.807) is 6.92 Å². The predicted molar refractivity (Wildman–Crippen MR) is 69.1 cm³/mol. The molecule has 1 heterocycles. The first-order valence-corrected chi connectivity index (χ1v) is 6.29. The first kappa shape index (κ1) is 14.7. The SMILES string of the molecule is CCOC(=O)C1CCN(C(=S)NC(=O)OC)CC1. The molecule has 0 spiro atoms. The maximum absolute atomic E-state index is 11.5. The van der Waals surface area contributed by atoms with Crippen molar-refractivity contribution in [2.75, 3.05) is 26.8 Å². The minimum Gasteiger partial charge on any atom is -0.466 e. The number of hydrogen-bond acceptors (Lipinski definition) is 5. The fraction of sp³-hybridized carbons (Fsp3) is 0.727. The molecule has 102 valence electrons. The zero-order valence-electron chi connectivity index (χ0n) is 10.6. The van der Waals surface area contributed by atoms with Crippen LogP contribution in [0.1, 0.15) is 19.8 Å². The Balaban J connectivity index is 2.37. The second-order valence-electron chi connectivity index (χ2n) is 3.94. The molecule has 0 bridgehead atoms. The third-order valence-electron chi connectivity index (χ3n) is 2.80. The molecular weight excluding hydrogens is 256 g/mol. The summed E-state index contributed by atoms with van der Waals surface area (Å²) < 4.78 is 9.44. The van der Waals surface area contributed by atoms with Gasteiger partial charge in [-0.3, -0.25) is 10.1 Å². The van der Waals surface area contributed by atoms with Gasteiger partial charge in [0.05, 0.1) is 19.6 Å². The van der Waals surface area contributed by atoms with Crippen molar-refractivity contribution in [1.29, 1.82) is 0 Å². The number of methoxy groups -OCH3 is 1. The quantitative estimate of drug-likeness (QED) is 0.596. The summed E-state index contributed by atoms with van der Waals surface area (Å²) >= 11 is 5.07. The number of piperidine rings is 1. The van der Waals surface area contributed by atoms with E-state index in [1.807, 2.05) is 4.90 Å². The Morgan fingerprint density at radius 3 is 2.50 bits per heavy atom. The molecule has 7 heteroatoms. The number of nitrogens with one attached hydrogen (secondary N) is 1. The van der Waals surface area contributed by atoms with E-state index >= 15 is 0 Å². The number of amides is 1. The van der Waals surface area contributed by atoms with Crippen LogP contribution in [0.3, 0.4) is 0 Å². The largest absolute Gasteiger partial charge is 0.466 e. The Labute approximate surface area is 112 Å². The van der Waals surface area contributed by atoms with Gasteiger partial charge in [0.2, 0.25) is 0 Å². The number of ether oxygens (including phenoxy) is 2. The fourth-order valence-corrected chi connectivity index (χ4v) is 2.06. The predicted octanol–water partition coefficient (Wildman–Crippen LogP) is 0.902. The van der Waals surface area contributed by atoms with Crippen molar-refractivity contribution in [3.63, 3.8) is 0 Å². The third kappa shape index (κ3) is 4.14. The number of rotatable bonds is 2. The summed E-state index contributed by atoms with van der Waals surface area (Å²) in [6.07, 6.45) is 0.788. The molecule has 0 aromatic heterocycles. The maximum Gasteiger partial charge on any atom is 0.413 e. The molecule has 0 radical (unpaired) electrons. The highest BCUT2D eigenvalue weighted by Gasteiger charge is 2.27. The third-order valence-corrected chi connectivity index (χ3v) is 3.16. The molecule has 1 aliphatic rings. The summed E-state index contributed by atoms with van der Waals surface area (Å²) in [4.78, 5) is 24.4. The summed E-state index contributed by atoms with van der Waals surface area (Å²) in [6.45, 7) is 3.46. The normalized spacial score (nSPS) is 16.0. The molecule has 1 N–H and O–H groups in total. The van der Waals surface area contributed by atoms with Crippen LogP contribution in [0.25, 0.3) is 0 Å². The van der Waals surface area contributed by atoms with Gasteiger partial charge in [-0.15, -0.1) is 0 Å². The van der Waals surface area contributed by atoms with E-state index in [4.69, 9.17) is 17.0 Å². The first-order chi connectivity index (χ1) is 8.58. The monoisotopic (exact) mass is 274 g/mol. The van der Waals surface area contributed by atoms with E-state index in [-0.39, 0.29) is 11.9 Å². The van der Waals surface area contributed by atoms with Crippen molar-refractivity contribution in [2.45, 2.75) is 19.8 Å². The second kappa shape index (κ2) is 7.15. The number of alkyl carbamates (subject to hydrolysis) is 1. The van der Waals surface area contributed by atoms with E-state index in [1.165, 1.54) is 7.11 Å². The first-order valence-electron chi connectivity index (χ1n) is 5.89. The fourth-order valence-electron chi connectivity index (χ4n) is 1.80. The van der Waals surface area contributed by atoms with E-state index < -0.39 is 6.09 Å². The molecule has 1 saturated heterocycles. The number of hydrogen-bond donors (Lipinski definition) is 1. The average Bonchev–Trinajstić information content (AvgIpc) is 2.39. The summed E-state index contributed by atoms with van der Waals surface area (Å²) in [7, 11) is 1.28. The lowest BCUT2D eigenvalue weighted by Crippen LogP contribution is -2.47. The highest BCUT2D eigenvalue weighted by atomic mass is 32.1. The van der Waals surface area contributed by atoms with Crippen LogP contribution in [0.4, 0.5) is 4.79 Å². The number of carbonyl (C=O) groups excluding carboxylic acids is 2. The van der Waals surface area contributed by atoms with E-state index in [0.717, 1.165) is 0 Å². The van der Waals surface area contributed by atoms with Crippen LogP contribution in [0.5, 0.6) is 0 Å². The van der Waals surface area contributed by atoms with Crippen molar-refractivity contribution in [3.05, 3.63) is 0 Å². The molecule has 0 aromatic rings. The standard InChI is InChI=1S/C11H18N2O4S/c1-3-17-9(14)8-4-6-13(7-5-8)10(18)12-11(15)16-2/h8H,3-7H2,1-2H3,(H,12,15,18). The van der Waals surface area contributed by atoms with E-state index in [2.05, 4.69) is 10.1 Å². The lowest BCUT2D eigenvalue weighted by Gasteiger charge is -2.32. The lowest BCUT2D eigenvalue weighted by molar-refractivity contribution is -0.149. The molecule has 6 nitrogen and oxygen atoms in total. The van der Waals surface area contributed by atoms with Gasteiger partial charge in [-0.05, 0) is 32.0 Å². The second-order valence-corrected chi connectivity index (χ2v) is 4.32. The Bertz CT molecular complexity index is 327. The maximum atomic E-state index is 11.5. The smallest absolute Gasteiger partial charge is 0.413 e. The summed E-state index contributed by atoms with van der Waals surface area (Å²) in [5.41, 5.74) is 0. The van der Waals surface area contributed by atoms with Gasteiger partial charge in [-0.1, -0.05) is 0 Å². The summed E-state index contributed by atoms with van der Waals surface area (Å²) in [5.74, 6) is -0.217. The van der Waals surface area contributed by atoms with Crippen LogP contribution in [-0.2, 0) is 14.3 Å². The zero-order chi connectivity index (χ0) is 13.5. The van der Waals surface area contributed by atoms with Crippen molar-refractivity contribution < 1.29 is 19.1 Å². The molecule has 0 unspecified atom stereocenters. The van der Waals surface area contributed by atoms with Crippen LogP contribution >= 0.6 is 12.2 Å². The molecule has 18 heavy (non-hydrogen) atoms. The summed E-state index contributed by atoms with van der Waals surface area (Å²) in [5, 5.41) is 2.79. The van der Waals surface area contributed by atoms with Gasteiger partial charge in [-0.2, -0.15) is 0 Å². The summed E-state index contributed by atoms with van der Waals surface area (Å²) in [6, 6.07) is 0. The van der Waals surface area contributed by atoms with Crippen molar-refractivity contribution in [2.24, 2.45) is 5.92 Å². The van der Waals surface area contributed by atoms with Gasteiger partial charge >= 0.3 is 12.1 Å². The van der Waals surface area contributed by atoms with Crippen LogP contribution in [0, 0.1) is 5.92 Å². The number of likely N-dealkylation sites (tertiary alicyclic amines) is 1. The van der Waals surface area contributed by atoms with Gasteiger partial charge in [-0.25, -0.2) is 4.79 Å². The molecule has 1 aliphatic heterocycles. The van der Waals surface area contributed by atoms with Crippen molar-refractivity contribution in [1.82, 2.24) is 10.2 Å². The van der Waals surface area contributed by atoms with E-state index in [0.29, 0.717) is 37.7 Å². The van der Waals surface area contributed by atoms with Crippen LogP contribution in [0.15, 0.2) is 0 Å². The molecule has 0 aromatic carbocycles. The molecule has 0 aliphatic carbocycles. The van der Waals surface area contributed by atoms with Crippen LogP contribution in [-0.4, -0.2) is 48.9 Å². The van der Waals surface area contributed by atoms with E-state index in [9.17, 15) is 9.59 Å². The Kier molecular flexibility index (Phi) is 5.84. The molecule has 1 fully saturated rings. The number of esters is 1. The zero-order valence-corrected chi connectivity index (χ0v) is 11.4. The van der Waals surface area contributed by atoms with Gasteiger partial charge in [0.1, 0.15) is 0 Å². The van der Waals surface area contributed by atoms with Gasteiger partial charge in [0.25, 0.3) is 0 Å². The Hall–Kier alpha value is -1.37. The van der Waals surface area contributed by atoms with Gasteiger partial charge < -0.3 is 14.4 Å². The minimum absolute atomic E-state index is 0.0675. The lowest BCUT2D eigenvalue weighted by atomic mass is 9.97. The van der Waals surface area contributed by atoms with Crippen LogP contribution in [0.2, 0.25) is 0 Å². The molecule has 0 atom stereocenters. The highest BCUT2D eigenvalue weighted by Crippen LogP contribution is 2.18. The number of thiocarbonyl (C=S) groups is 1. The number of nitrogens with zero attached hydrogens (tertiary/aromatic N) is 1. The molecule has 0 saturated carbocycles. The Morgan fingerprint density at radius 2 is 2.00 bits per heavy atom. The topological polar surface area (TPSA) is 67.9 Å².